The van der Waals surface area contributed by atoms with Gasteiger partial charge in [0.15, 0.2) is 0 Å². The van der Waals surface area contributed by atoms with Gasteiger partial charge in [-0.05, 0) is 37.1 Å². The number of methoxy groups -OCH3 is 2. The minimum absolute atomic E-state index is 0.0385. The molecule has 2 aromatic carbocycles. The average Bonchev–Trinajstić information content (AvgIpc) is 2.77. The van der Waals surface area contributed by atoms with Gasteiger partial charge in [-0.1, -0.05) is 29.8 Å². The molecule has 2 aromatic rings. The average molecular weight is 453 g/mol. The molecule has 0 atom stereocenters. The summed E-state index contributed by atoms with van der Waals surface area (Å²) in [5.74, 6) is 0.635. The van der Waals surface area contributed by atoms with Crippen molar-refractivity contribution in [3.63, 3.8) is 0 Å². The molecular formula is C21H25ClN2O5S. The number of hydrogen-bond donors (Lipinski definition) is 1. The van der Waals surface area contributed by atoms with Gasteiger partial charge in [-0.3, -0.25) is 4.79 Å². The molecule has 162 valence electrons. The van der Waals surface area contributed by atoms with Gasteiger partial charge in [-0.2, -0.15) is 4.31 Å². The van der Waals surface area contributed by atoms with E-state index >= 15 is 0 Å². The van der Waals surface area contributed by atoms with Gasteiger partial charge in [0.05, 0.1) is 14.2 Å². The SMILES string of the molecule is COc1ccccc1CNC(=O)C1CCN(S(=O)(=O)c2cc(Cl)ccc2OC)CC1. The molecule has 9 heteroatoms. The molecule has 1 aliphatic heterocycles. The molecular weight excluding hydrogens is 428 g/mol. The maximum absolute atomic E-state index is 13.0. The standard InChI is InChI=1S/C21H25ClN2O5S/c1-28-18-6-4-3-5-16(18)14-23-21(25)15-9-11-24(12-10-15)30(26,27)20-13-17(22)7-8-19(20)29-2/h3-8,13,15H,9-12,14H2,1-2H3,(H,23,25). The summed E-state index contributed by atoms with van der Waals surface area (Å²) in [5, 5.41) is 3.25. The summed E-state index contributed by atoms with van der Waals surface area (Å²) in [6.07, 6.45) is 0.889. The van der Waals surface area contributed by atoms with E-state index in [-0.39, 0.29) is 35.6 Å². The fourth-order valence-corrected chi connectivity index (χ4v) is 5.41. The molecule has 3 rings (SSSR count). The van der Waals surface area contributed by atoms with E-state index in [0.29, 0.717) is 30.2 Å². The molecule has 1 aliphatic rings. The van der Waals surface area contributed by atoms with Gasteiger partial charge in [-0.15, -0.1) is 0 Å². The number of para-hydroxylation sites is 1. The van der Waals surface area contributed by atoms with Crippen LogP contribution in [0, 0.1) is 5.92 Å². The van der Waals surface area contributed by atoms with Crippen LogP contribution in [0.5, 0.6) is 11.5 Å². The number of benzene rings is 2. The van der Waals surface area contributed by atoms with Crippen LogP contribution in [0.4, 0.5) is 0 Å². The van der Waals surface area contributed by atoms with Crippen molar-refractivity contribution >= 4 is 27.5 Å². The summed E-state index contributed by atoms with van der Waals surface area (Å²) < 4.78 is 38.0. The predicted octanol–water partition coefficient (Wildman–Crippen LogP) is 3.07. The van der Waals surface area contributed by atoms with Gasteiger partial charge in [0.25, 0.3) is 0 Å². The van der Waals surface area contributed by atoms with Crippen LogP contribution < -0.4 is 14.8 Å². The number of sulfonamides is 1. The summed E-state index contributed by atoms with van der Waals surface area (Å²) in [5.41, 5.74) is 0.890. The Morgan fingerprint density at radius 2 is 1.77 bits per heavy atom. The van der Waals surface area contributed by atoms with Crippen LogP contribution >= 0.6 is 11.6 Å². The Bertz CT molecular complexity index is 1000. The lowest BCUT2D eigenvalue weighted by molar-refractivity contribution is -0.126. The Kier molecular flexibility index (Phi) is 7.23. The molecule has 0 spiro atoms. The molecule has 1 N–H and O–H groups in total. The first-order valence-electron chi connectivity index (χ1n) is 9.60. The molecule has 0 aromatic heterocycles. The lowest BCUT2D eigenvalue weighted by Crippen LogP contribution is -2.42. The van der Waals surface area contributed by atoms with Gasteiger partial charge in [-0.25, -0.2) is 8.42 Å². The first-order valence-corrected chi connectivity index (χ1v) is 11.4. The number of halogens is 1. The lowest BCUT2D eigenvalue weighted by Gasteiger charge is -2.31. The minimum Gasteiger partial charge on any atom is -0.496 e. The third-order valence-electron chi connectivity index (χ3n) is 5.21. The van der Waals surface area contributed by atoms with E-state index < -0.39 is 10.0 Å². The normalized spacial score (nSPS) is 15.6. The molecule has 1 amide bonds. The summed E-state index contributed by atoms with van der Waals surface area (Å²) >= 11 is 5.99. The number of carbonyl (C=O) groups excluding carboxylic acids is 1. The van der Waals surface area contributed by atoms with Crippen LogP contribution in [-0.4, -0.2) is 45.9 Å². The summed E-state index contributed by atoms with van der Waals surface area (Å²) in [4.78, 5) is 12.6. The smallest absolute Gasteiger partial charge is 0.246 e. The zero-order chi connectivity index (χ0) is 21.7. The Balaban J connectivity index is 1.61. The Labute approximate surface area is 182 Å². The van der Waals surface area contributed by atoms with Crippen molar-refractivity contribution in [2.45, 2.75) is 24.3 Å². The van der Waals surface area contributed by atoms with Crippen molar-refractivity contribution in [1.82, 2.24) is 9.62 Å². The van der Waals surface area contributed by atoms with Crippen molar-refractivity contribution in [1.29, 1.82) is 0 Å². The number of rotatable bonds is 7. The van der Waals surface area contributed by atoms with Crippen LogP contribution in [0.1, 0.15) is 18.4 Å². The second-order valence-corrected chi connectivity index (χ2v) is 9.35. The van der Waals surface area contributed by atoms with Crippen LogP contribution in [-0.2, 0) is 21.4 Å². The van der Waals surface area contributed by atoms with Crippen molar-refractivity contribution in [3.05, 3.63) is 53.1 Å². The molecule has 30 heavy (non-hydrogen) atoms. The second-order valence-electron chi connectivity index (χ2n) is 7.00. The van der Waals surface area contributed by atoms with Crippen LogP contribution in [0.15, 0.2) is 47.4 Å². The molecule has 1 heterocycles. The molecule has 0 bridgehead atoms. The van der Waals surface area contributed by atoms with Crippen LogP contribution in [0.3, 0.4) is 0 Å². The number of ether oxygens (including phenoxy) is 2. The van der Waals surface area contributed by atoms with Crippen molar-refractivity contribution < 1.29 is 22.7 Å². The Morgan fingerprint density at radius 3 is 2.43 bits per heavy atom. The monoisotopic (exact) mass is 452 g/mol. The van der Waals surface area contributed by atoms with E-state index in [2.05, 4.69) is 5.32 Å². The molecule has 0 radical (unpaired) electrons. The summed E-state index contributed by atoms with van der Waals surface area (Å²) in [7, 11) is -0.759. The van der Waals surface area contributed by atoms with Gasteiger partial charge in [0.2, 0.25) is 15.9 Å². The molecule has 0 unspecified atom stereocenters. The van der Waals surface area contributed by atoms with E-state index in [9.17, 15) is 13.2 Å². The fraction of sp³-hybridized carbons (Fsp3) is 0.381. The molecule has 1 saturated heterocycles. The molecule has 0 aliphatic carbocycles. The number of piperidine rings is 1. The van der Waals surface area contributed by atoms with E-state index in [0.717, 1.165) is 5.56 Å². The number of amides is 1. The molecule has 1 fully saturated rings. The Morgan fingerprint density at radius 1 is 1.10 bits per heavy atom. The lowest BCUT2D eigenvalue weighted by atomic mass is 9.97. The number of nitrogens with one attached hydrogen (secondary N) is 1. The topological polar surface area (TPSA) is 84.9 Å². The van der Waals surface area contributed by atoms with Gasteiger partial charge < -0.3 is 14.8 Å². The van der Waals surface area contributed by atoms with Crippen molar-refractivity contribution in [2.75, 3.05) is 27.3 Å². The maximum Gasteiger partial charge on any atom is 0.246 e. The van der Waals surface area contributed by atoms with E-state index in [1.807, 2.05) is 24.3 Å². The Hall–Kier alpha value is -2.29. The van der Waals surface area contributed by atoms with E-state index in [1.54, 1.807) is 13.2 Å². The zero-order valence-electron chi connectivity index (χ0n) is 16.9. The highest BCUT2D eigenvalue weighted by atomic mass is 35.5. The molecule has 7 nitrogen and oxygen atoms in total. The fourth-order valence-electron chi connectivity index (χ4n) is 3.53. The van der Waals surface area contributed by atoms with E-state index in [1.165, 1.54) is 23.5 Å². The van der Waals surface area contributed by atoms with Crippen molar-refractivity contribution in [3.8, 4) is 11.5 Å². The maximum atomic E-state index is 13.0. The number of hydrogen-bond acceptors (Lipinski definition) is 5. The quantitative estimate of drug-likeness (QED) is 0.697. The third-order valence-corrected chi connectivity index (χ3v) is 7.37. The number of nitrogens with zero attached hydrogens (tertiary/aromatic N) is 1. The highest BCUT2D eigenvalue weighted by Gasteiger charge is 2.33. The predicted molar refractivity (Wildman–Crippen MR) is 114 cm³/mol. The van der Waals surface area contributed by atoms with Gasteiger partial charge in [0, 0.05) is 36.1 Å². The summed E-state index contributed by atoms with van der Waals surface area (Å²) in [6, 6.07) is 12.0. The first kappa shape index (κ1) is 22.4. The minimum atomic E-state index is -3.77. The zero-order valence-corrected chi connectivity index (χ0v) is 18.5. The van der Waals surface area contributed by atoms with Gasteiger partial charge in [0.1, 0.15) is 16.4 Å². The van der Waals surface area contributed by atoms with Gasteiger partial charge >= 0.3 is 0 Å². The van der Waals surface area contributed by atoms with Crippen LogP contribution in [0.2, 0.25) is 5.02 Å². The highest BCUT2D eigenvalue weighted by molar-refractivity contribution is 7.89. The largest absolute Gasteiger partial charge is 0.496 e. The second kappa shape index (κ2) is 9.68. The highest BCUT2D eigenvalue weighted by Crippen LogP contribution is 2.32. The van der Waals surface area contributed by atoms with Crippen molar-refractivity contribution in [2.24, 2.45) is 5.92 Å². The third kappa shape index (κ3) is 4.88. The molecule has 0 saturated carbocycles. The first-order chi connectivity index (χ1) is 14.4. The number of carbonyl (C=O) groups is 1. The van der Waals surface area contributed by atoms with Crippen LogP contribution in [0.25, 0.3) is 0 Å². The summed E-state index contributed by atoms with van der Waals surface area (Å²) in [6.45, 7) is 0.872. The van der Waals surface area contributed by atoms with E-state index in [4.69, 9.17) is 21.1 Å².